The van der Waals surface area contributed by atoms with Crippen LogP contribution >= 0.6 is 0 Å². The van der Waals surface area contributed by atoms with Crippen molar-refractivity contribution in [2.24, 2.45) is 10.8 Å². The second-order valence-corrected chi connectivity index (χ2v) is 26.9. The van der Waals surface area contributed by atoms with Gasteiger partial charge in [0.1, 0.15) is 5.58 Å². The van der Waals surface area contributed by atoms with E-state index in [1.54, 1.807) is 32.9 Å². The summed E-state index contributed by atoms with van der Waals surface area (Å²) in [6.07, 6.45) is -0.146. The Morgan fingerprint density at radius 1 is 0.698 bits per heavy atom. The first-order valence-corrected chi connectivity index (χ1v) is 25.1. The van der Waals surface area contributed by atoms with Gasteiger partial charge in [0.25, 0.3) is 0 Å². The third kappa shape index (κ3) is 10.0. The summed E-state index contributed by atoms with van der Waals surface area (Å²) in [5.41, 5.74) is 5.61. The molecule has 0 aliphatic heterocycles. The van der Waals surface area contributed by atoms with E-state index < -0.39 is 43.7 Å². The van der Waals surface area contributed by atoms with Gasteiger partial charge < -0.3 is 9.40 Å². The second-order valence-electron chi connectivity index (χ2n) is 16.3. The van der Waals surface area contributed by atoms with E-state index in [0.717, 1.165) is 48.7 Å². The predicted molar refractivity (Wildman–Crippen MR) is 224 cm³/mol. The van der Waals surface area contributed by atoms with Gasteiger partial charge in [0, 0.05) is 38.5 Å². The molecule has 1 radical (unpaired) electrons. The zero-order valence-electron chi connectivity index (χ0n) is 39.0. The maximum Gasteiger partial charge on any atom is 0 e. The van der Waals surface area contributed by atoms with Crippen molar-refractivity contribution in [3.05, 3.63) is 138 Å². The van der Waals surface area contributed by atoms with Crippen molar-refractivity contribution >= 4 is 39.6 Å². The van der Waals surface area contributed by atoms with Gasteiger partial charge in [-0.25, -0.2) is 0 Å². The summed E-state index contributed by atoms with van der Waals surface area (Å²) in [6.45, 7) is 8.65. The summed E-state index contributed by atoms with van der Waals surface area (Å²) in [5, 5.41) is 1.84. The van der Waals surface area contributed by atoms with Crippen LogP contribution in [0.3, 0.4) is 0 Å². The minimum atomic E-state index is -2.50. The molecule has 3 heterocycles. The molecule has 53 heavy (non-hydrogen) atoms. The first kappa shape index (κ1) is 31.5. The molecule has 0 unspecified atom stereocenters. The van der Waals surface area contributed by atoms with Gasteiger partial charge in [-0.1, -0.05) is 85.8 Å². The number of hydrogen-bond acceptors (Lipinski definition) is 3. The third-order valence-corrected chi connectivity index (χ3v) is 12.6. The molecule has 0 aliphatic rings. The molecule has 0 N–H and O–H groups in total. The quantitative estimate of drug-likeness (QED) is 0.123. The van der Waals surface area contributed by atoms with Crippen LogP contribution in [-0.4, -0.2) is 23.2 Å². The van der Waals surface area contributed by atoms with Gasteiger partial charge in [0.15, 0.2) is 0 Å². The van der Waals surface area contributed by atoms with E-state index >= 15 is 0 Å². The van der Waals surface area contributed by atoms with E-state index in [1.165, 1.54) is 6.20 Å². The van der Waals surface area contributed by atoms with Crippen LogP contribution in [0.4, 0.5) is 0 Å². The maximum atomic E-state index is 8.81. The molecule has 4 aromatic carbocycles. The molecule has 0 saturated heterocycles. The largest absolute Gasteiger partial charge is 0 e. The van der Waals surface area contributed by atoms with Gasteiger partial charge in [-0.05, 0) is 47.1 Å². The molecular formula is C48H52GeIrN2O-2. The van der Waals surface area contributed by atoms with Crippen LogP contribution in [0.15, 0.2) is 114 Å². The van der Waals surface area contributed by atoms with Crippen LogP contribution in [0.1, 0.15) is 67.8 Å². The Hall–Kier alpha value is -3.83. The smallest absolute Gasteiger partial charge is 0 e. The molecule has 0 atom stereocenters. The Labute approximate surface area is 343 Å². The minimum Gasteiger partial charge on any atom is 0 e. The number of rotatable bonds is 6. The van der Waals surface area contributed by atoms with Gasteiger partial charge in [0.05, 0.1) is 5.58 Å². The average Bonchev–Trinajstić information content (AvgIpc) is 3.55. The van der Waals surface area contributed by atoms with E-state index in [2.05, 4.69) is 45.4 Å². The summed E-state index contributed by atoms with van der Waals surface area (Å²) in [7, 11) is 0. The molecule has 7 aromatic rings. The van der Waals surface area contributed by atoms with Crippen LogP contribution in [0, 0.1) is 29.8 Å². The molecule has 275 valence electrons. The first-order chi connectivity index (χ1) is 27.3. The molecule has 7 rings (SSSR count). The van der Waals surface area contributed by atoms with Crippen molar-refractivity contribution < 1.29 is 34.1 Å². The average molecular weight is 945 g/mol. The first-order valence-electron chi connectivity index (χ1n) is 21.2. The van der Waals surface area contributed by atoms with Crippen LogP contribution in [0.5, 0.6) is 0 Å². The van der Waals surface area contributed by atoms with Gasteiger partial charge in [-0.15, -0.1) is 18.2 Å². The van der Waals surface area contributed by atoms with Gasteiger partial charge in [-0.3, -0.25) is 0 Å². The number of fused-ring (bicyclic) bond motifs is 3. The van der Waals surface area contributed by atoms with Crippen molar-refractivity contribution in [2.75, 3.05) is 0 Å². The molecule has 0 spiro atoms. The fourth-order valence-electron chi connectivity index (χ4n) is 6.10. The zero-order valence-corrected chi connectivity index (χ0v) is 36.5. The molecule has 0 aliphatic carbocycles. The number of furan rings is 1. The molecule has 0 saturated carbocycles. The van der Waals surface area contributed by atoms with Crippen molar-refractivity contribution in [1.82, 2.24) is 9.97 Å². The monoisotopic (exact) mass is 946 g/mol. The third-order valence-electron chi connectivity index (χ3n) is 8.42. The summed E-state index contributed by atoms with van der Waals surface area (Å²) in [5.74, 6) is 6.86. The van der Waals surface area contributed by atoms with Crippen molar-refractivity contribution in [1.29, 1.82) is 0 Å². The number of aromatic nitrogens is 2. The molecule has 3 nitrogen and oxygen atoms in total. The Bertz CT molecular complexity index is 2610. The Balaban J connectivity index is 0.000000247. The van der Waals surface area contributed by atoms with Crippen LogP contribution < -0.4 is 4.40 Å². The molecule has 3 aromatic heterocycles. The Morgan fingerprint density at radius 3 is 2.04 bits per heavy atom. The SMILES string of the molecule is [2H]C([2H])([2H])c1cnc(-c2[c-]ccc3c2oc2cc(-c4ccccc4)ccc23)cc1C([2H])([2H])C(C)(C)C.[2H]C([2H])(c1cc(-c2[c-]cccc2)nc[c]1[Ge]([CH3])([CH3])[CH3])C(C)(C)C.[Ir]. The van der Waals surface area contributed by atoms with Crippen LogP contribution in [0.2, 0.25) is 17.3 Å². The van der Waals surface area contributed by atoms with E-state index in [4.69, 9.17) is 14.0 Å². The summed E-state index contributed by atoms with van der Waals surface area (Å²) in [6, 6.07) is 37.5. The van der Waals surface area contributed by atoms with Gasteiger partial charge in [0.2, 0.25) is 0 Å². The number of pyridine rings is 2. The zero-order chi connectivity index (χ0) is 43.3. The number of aryl methyl sites for hydroxylation is 1. The van der Waals surface area contributed by atoms with E-state index in [9.17, 15) is 0 Å². The van der Waals surface area contributed by atoms with Gasteiger partial charge in [-0.2, -0.15) is 0 Å². The molecule has 0 fully saturated rings. The van der Waals surface area contributed by atoms with E-state index in [-0.39, 0.29) is 31.2 Å². The van der Waals surface area contributed by atoms with E-state index in [0.29, 0.717) is 16.8 Å². The van der Waals surface area contributed by atoms with Crippen LogP contribution in [-0.2, 0) is 32.9 Å². The molecule has 5 heteroatoms. The number of nitrogens with zero attached hydrogens (tertiary/aromatic N) is 2. The topological polar surface area (TPSA) is 38.9 Å². The predicted octanol–water partition coefficient (Wildman–Crippen LogP) is 12.7. The number of benzene rings is 4. The fraction of sp³-hybridized carbons (Fsp3) is 0.292. The fourth-order valence-corrected chi connectivity index (χ4v) is 9.03. The van der Waals surface area contributed by atoms with Crippen molar-refractivity contribution in [3.63, 3.8) is 0 Å². The van der Waals surface area contributed by atoms with Crippen molar-refractivity contribution in [2.45, 2.75) is 78.4 Å². The summed E-state index contributed by atoms with van der Waals surface area (Å²) in [4.78, 5) is 9.06. The van der Waals surface area contributed by atoms with Crippen molar-refractivity contribution in [3.8, 4) is 33.6 Å². The summed E-state index contributed by atoms with van der Waals surface area (Å²) < 4.78 is 66.5. The Morgan fingerprint density at radius 2 is 1.38 bits per heavy atom. The second kappa shape index (κ2) is 16.3. The van der Waals surface area contributed by atoms with Gasteiger partial charge >= 0.3 is 135 Å². The summed E-state index contributed by atoms with van der Waals surface area (Å²) >= 11 is -2.24. The Kier molecular flexibility index (Phi) is 9.67. The van der Waals surface area contributed by atoms with E-state index in [1.807, 2.05) is 106 Å². The molecular weight excluding hydrogens is 885 g/mol. The standard InChI is InChI=1S/C29H26NO.C19H26GeN.Ir/c1-19-18-30-26(15-22(19)17-29(2,3)4)25-12-8-11-24-23-14-13-21(16-27(23)31-28(24)25)20-9-6-5-7-10-20;1-19(2,3)13-16-12-18(15-10-8-7-9-11-15)21-14-17(16)20(4,5)6;/h5-11,13-16,18H,17H2,1-4H3;7-10,12,14H,13H2,1-6H3;/q2*-1;/i1D3,17D2;13D2;. The number of hydrogen-bond donors (Lipinski definition) is 0. The maximum absolute atomic E-state index is 8.81. The van der Waals surface area contributed by atoms with Crippen LogP contribution in [0.25, 0.3) is 55.6 Å². The minimum absolute atomic E-state index is 0. The normalized spacial score (nSPS) is 14.7. The molecule has 0 bridgehead atoms. The molecule has 0 amide bonds.